The zero-order chi connectivity index (χ0) is 26.2. The first-order chi connectivity index (χ1) is 17.9. The highest BCUT2D eigenvalue weighted by molar-refractivity contribution is 7.04. The molecule has 0 fully saturated rings. The van der Waals surface area contributed by atoms with Gasteiger partial charge in [-0.15, -0.1) is 0 Å². The van der Waals surface area contributed by atoms with Crippen molar-refractivity contribution in [3.05, 3.63) is 96.1 Å². The highest BCUT2D eigenvalue weighted by Gasteiger charge is 2.45. The van der Waals surface area contributed by atoms with E-state index in [1.54, 1.807) is 13.8 Å². The van der Waals surface area contributed by atoms with Crippen molar-refractivity contribution < 1.29 is 19.1 Å². The molecule has 5 rings (SSSR count). The van der Waals surface area contributed by atoms with Crippen molar-refractivity contribution in [1.82, 2.24) is 0 Å². The molecule has 1 aliphatic heterocycles. The topological polar surface area (TPSA) is 52.6 Å². The maximum absolute atomic E-state index is 13.8. The van der Waals surface area contributed by atoms with Gasteiger partial charge in [0, 0.05) is 5.56 Å². The zero-order valence-electron chi connectivity index (χ0n) is 21.6. The summed E-state index contributed by atoms with van der Waals surface area (Å²) in [6.07, 6.45) is 0. The van der Waals surface area contributed by atoms with Gasteiger partial charge in [0.15, 0.2) is 0 Å². The number of hydrogen-bond donors (Lipinski definition) is 0. The fourth-order valence-corrected chi connectivity index (χ4v) is 9.07. The molecule has 186 valence electrons. The van der Waals surface area contributed by atoms with E-state index in [-0.39, 0.29) is 24.3 Å². The summed E-state index contributed by atoms with van der Waals surface area (Å²) in [4.78, 5) is 27.6. The quantitative estimate of drug-likeness (QED) is 0.232. The number of carbonyl (C=O) groups is 2. The van der Waals surface area contributed by atoms with Crippen LogP contribution in [0.15, 0.2) is 84.9 Å². The number of fused-ring (bicyclic) bond motifs is 3. The minimum atomic E-state index is -2.31. The van der Waals surface area contributed by atoms with Crippen molar-refractivity contribution in [2.75, 3.05) is 13.2 Å². The molecule has 0 aromatic heterocycles. The van der Waals surface area contributed by atoms with E-state index in [1.807, 2.05) is 66.7 Å². The lowest BCUT2D eigenvalue weighted by Gasteiger charge is -2.27. The minimum absolute atomic E-state index is 0.198. The maximum atomic E-state index is 13.8. The van der Waals surface area contributed by atoms with E-state index in [1.165, 1.54) is 5.19 Å². The first-order valence-corrected chi connectivity index (χ1v) is 15.7. The molecular weight excluding hydrogens is 476 g/mol. The summed E-state index contributed by atoms with van der Waals surface area (Å²) in [5, 5.41) is 2.44. The Hall–Kier alpha value is -3.96. The van der Waals surface area contributed by atoms with E-state index >= 15 is 0 Å². The van der Waals surface area contributed by atoms with Gasteiger partial charge in [-0.1, -0.05) is 98.0 Å². The van der Waals surface area contributed by atoms with E-state index < -0.39 is 20.0 Å². The minimum Gasteiger partial charge on any atom is -0.462 e. The van der Waals surface area contributed by atoms with E-state index in [4.69, 9.17) is 9.47 Å². The Balaban J connectivity index is 2.08. The van der Waals surface area contributed by atoms with Crippen molar-refractivity contribution in [3.63, 3.8) is 0 Å². The fraction of sp³-hybridized carbons (Fsp3) is 0.188. The van der Waals surface area contributed by atoms with Gasteiger partial charge in [-0.2, -0.15) is 0 Å². The second-order valence-electron chi connectivity index (χ2n) is 9.59. The summed E-state index contributed by atoms with van der Waals surface area (Å²) >= 11 is 0. The van der Waals surface area contributed by atoms with Gasteiger partial charge >= 0.3 is 11.9 Å². The number of esters is 2. The third-order valence-corrected chi connectivity index (χ3v) is 10.6. The molecule has 0 aliphatic carbocycles. The second-order valence-corrected chi connectivity index (χ2v) is 13.9. The number of hydrogen-bond acceptors (Lipinski definition) is 4. The van der Waals surface area contributed by atoms with Gasteiger partial charge < -0.3 is 9.47 Å². The predicted octanol–water partition coefficient (Wildman–Crippen LogP) is 6.18. The molecule has 0 spiro atoms. The predicted molar refractivity (Wildman–Crippen MR) is 151 cm³/mol. The molecule has 4 aromatic carbocycles. The van der Waals surface area contributed by atoms with Crippen LogP contribution in [0.3, 0.4) is 0 Å². The number of ether oxygens (including phenoxy) is 2. The molecule has 0 bridgehead atoms. The molecule has 1 aliphatic rings. The Morgan fingerprint density at radius 2 is 1.08 bits per heavy atom. The molecule has 4 nitrogen and oxygen atoms in total. The molecular formula is C32H30O4Si. The van der Waals surface area contributed by atoms with Gasteiger partial charge in [0.1, 0.15) is 8.07 Å². The van der Waals surface area contributed by atoms with Crippen molar-refractivity contribution in [3.8, 4) is 33.4 Å². The van der Waals surface area contributed by atoms with E-state index in [0.717, 1.165) is 38.6 Å². The highest BCUT2D eigenvalue weighted by Crippen LogP contribution is 2.45. The van der Waals surface area contributed by atoms with Gasteiger partial charge in [0.2, 0.25) is 0 Å². The third-order valence-electron chi connectivity index (χ3n) is 7.08. The third kappa shape index (κ3) is 4.00. The summed E-state index contributed by atoms with van der Waals surface area (Å²) in [6.45, 7) is 8.60. The lowest BCUT2D eigenvalue weighted by Crippen LogP contribution is -2.50. The van der Waals surface area contributed by atoms with Gasteiger partial charge in [-0.3, -0.25) is 0 Å². The second kappa shape index (κ2) is 9.83. The van der Waals surface area contributed by atoms with Gasteiger partial charge in [0.05, 0.1) is 24.3 Å². The fourth-order valence-electron chi connectivity index (χ4n) is 5.63. The first-order valence-electron chi connectivity index (χ1n) is 12.7. The van der Waals surface area contributed by atoms with Crippen LogP contribution >= 0.6 is 0 Å². The molecule has 4 aromatic rings. The molecule has 0 saturated carbocycles. The van der Waals surface area contributed by atoms with Crippen LogP contribution in [0.1, 0.15) is 34.6 Å². The molecule has 0 radical (unpaired) electrons. The summed E-state index contributed by atoms with van der Waals surface area (Å²) in [7, 11) is -2.31. The monoisotopic (exact) mass is 506 g/mol. The lowest BCUT2D eigenvalue weighted by molar-refractivity contribution is 0.0480. The summed E-state index contributed by atoms with van der Waals surface area (Å²) < 4.78 is 11.2. The van der Waals surface area contributed by atoms with E-state index in [0.29, 0.717) is 0 Å². The average Bonchev–Trinajstić information content (AvgIpc) is 3.15. The van der Waals surface area contributed by atoms with Gasteiger partial charge in [-0.25, -0.2) is 9.59 Å². The summed E-state index contributed by atoms with van der Waals surface area (Å²) in [5.41, 5.74) is 5.98. The van der Waals surface area contributed by atoms with Crippen LogP contribution in [0.25, 0.3) is 33.4 Å². The molecule has 0 saturated heterocycles. The standard InChI is InChI=1S/C32H30O4Si/c1-5-35-31(33)28-25(21-15-9-7-10-16-21)27-23-19-13-14-20-24(23)37(3,4)30(27)26(22-17-11-8-12-18-22)29(28)32(34)36-6-2/h7-20H,5-6H2,1-4H3. The van der Waals surface area contributed by atoms with Crippen LogP contribution in [0.4, 0.5) is 0 Å². The molecule has 0 amide bonds. The Bertz CT molecular complexity index is 1490. The van der Waals surface area contributed by atoms with E-state index in [2.05, 4.69) is 31.3 Å². The normalized spacial score (nSPS) is 13.0. The smallest absolute Gasteiger partial charge is 0.339 e. The maximum Gasteiger partial charge on any atom is 0.339 e. The molecule has 0 N–H and O–H groups in total. The molecule has 0 unspecified atom stereocenters. The molecule has 1 heterocycles. The summed E-state index contributed by atoms with van der Waals surface area (Å²) in [6, 6.07) is 28.2. The number of carbonyl (C=O) groups excluding carboxylic acids is 2. The highest BCUT2D eigenvalue weighted by atomic mass is 28.3. The largest absolute Gasteiger partial charge is 0.462 e. The van der Waals surface area contributed by atoms with Crippen LogP contribution in [0.5, 0.6) is 0 Å². The van der Waals surface area contributed by atoms with Crippen LogP contribution in [-0.4, -0.2) is 33.2 Å². The van der Waals surface area contributed by atoms with Crippen molar-refractivity contribution in [1.29, 1.82) is 0 Å². The van der Waals surface area contributed by atoms with Crippen LogP contribution in [0.2, 0.25) is 13.1 Å². The van der Waals surface area contributed by atoms with Crippen molar-refractivity contribution >= 4 is 30.4 Å². The number of benzene rings is 4. The summed E-state index contributed by atoms with van der Waals surface area (Å²) in [5.74, 6) is -1.03. The Labute approximate surface area is 218 Å². The molecule has 5 heteroatoms. The van der Waals surface area contributed by atoms with Crippen LogP contribution in [-0.2, 0) is 9.47 Å². The average molecular weight is 507 g/mol. The Morgan fingerprint density at radius 1 is 0.622 bits per heavy atom. The Kier molecular flexibility index (Phi) is 6.57. The van der Waals surface area contributed by atoms with Crippen LogP contribution in [0, 0.1) is 0 Å². The lowest BCUT2D eigenvalue weighted by atomic mass is 9.83. The Morgan fingerprint density at radius 3 is 1.62 bits per heavy atom. The van der Waals surface area contributed by atoms with E-state index in [9.17, 15) is 9.59 Å². The SMILES string of the molecule is CCOC(=O)c1c(C(=O)OCC)c(-c2ccccc2)c2c(c1-c1ccccc1)-c1ccccc1[Si]2(C)C. The van der Waals surface area contributed by atoms with Gasteiger partial charge in [0.25, 0.3) is 0 Å². The van der Waals surface area contributed by atoms with Crippen LogP contribution < -0.4 is 10.4 Å². The number of rotatable bonds is 6. The van der Waals surface area contributed by atoms with Crippen molar-refractivity contribution in [2.24, 2.45) is 0 Å². The molecule has 0 atom stereocenters. The van der Waals surface area contributed by atoms with Gasteiger partial charge in [-0.05, 0) is 52.0 Å². The first kappa shape index (κ1) is 24.7. The van der Waals surface area contributed by atoms with Crippen molar-refractivity contribution in [2.45, 2.75) is 26.9 Å². The molecule has 37 heavy (non-hydrogen) atoms. The zero-order valence-corrected chi connectivity index (χ0v) is 22.6.